The summed E-state index contributed by atoms with van der Waals surface area (Å²) in [4.78, 5) is 11.4. The van der Waals surface area contributed by atoms with Crippen molar-refractivity contribution in [1.82, 2.24) is 5.32 Å². The molecule has 7 heteroatoms. The maximum atomic E-state index is 11.4. The van der Waals surface area contributed by atoms with Crippen molar-refractivity contribution in [2.75, 3.05) is 25.0 Å². The monoisotopic (exact) mass is 378 g/mol. The fraction of sp³-hybridized carbons (Fsp3) is 0.650. The number of rotatable bonds is 9. The standard InChI is InChI=1S/C20H34N4O3/c1-20(2,13-21)23-11-16(25)12-27-18-9-8-15(10-17(18)24-19(22)26)14-6-4-3-5-7-14/h8-10,14,16,23,25H,3-7,11-13,21H2,1-2H3,(H3,22,24,26). The van der Waals surface area contributed by atoms with Crippen LogP contribution in [-0.4, -0.2) is 42.5 Å². The largest absolute Gasteiger partial charge is 0.489 e. The normalized spacial score (nSPS) is 16.7. The van der Waals surface area contributed by atoms with Gasteiger partial charge in [0.25, 0.3) is 0 Å². The molecular formula is C20H34N4O3. The van der Waals surface area contributed by atoms with Crippen LogP contribution in [0.4, 0.5) is 10.5 Å². The number of primary amides is 1. The van der Waals surface area contributed by atoms with Crippen LogP contribution >= 0.6 is 0 Å². The molecule has 152 valence electrons. The number of carbonyl (C=O) groups is 1. The smallest absolute Gasteiger partial charge is 0.316 e. The summed E-state index contributed by atoms with van der Waals surface area (Å²) in [5, 5.41) is 16.0. The molecule has 0 bridgehead atoms. The summed E-state index contributed by atoms with van der Waals surface area (Å²) in [5.74, 6) is 1.01. The third-order valence-corrected chi connectivity index (χ3v) is 5.10. The molecule has 1 saturated carbocycles. The molecule has 27 heavy (non-hydrogen) atoms. The van der Waals surface area contributed by atoms with Crippen molar-refractivity contribution in [3.63, 3.8) is 0 Å². The molecule has 1 aromatic rings. The highest BCUT2D eigenvalue weighted by molar-refractivity contribution is 5.89. The van der Waals surface area contributed by atoms with E-state index in [1.807, 2.05) is 32.0 Å². The summed E-state index contributed by atoms with van der Waals surface area (Å²) in [7, 11) is 0. The maximum absolute atomic E-state index is 11.4. The number of hydrogen-bond donors (Lipinski definition) is 5. The molecule has 0 aromatic heterocycles. The van der Waals surface area contributed by atoms with Gasteiger partial charge in [0.05, 0.1) is 5.69 Å². The van der Waals surface area contributed by atoms with E-state index in [2.05, 4.69) is 10.6 Å². The van der Waals surface area contributed by atoms with Crippen LogP contribution in [0.1, 0.15) is 57.4 Å². The molecule has 2 rings (SSSR count). The number of urea groups is 1. The highest BCUT2D eigenvalue weighted by atomic mass is 16.5. The number of ether oxygens (including phenoxy) is 1. The molecule has 0 saturated heterocycles. The third-order valence-electron chi connectivity index (χ3n) is 5.10. The minimum absolute atomic E-state index is 0.101. The maximum Gasteiger partial charge on any atom is 0.316 e. The minimum Gasteiger partial charge on any atom is -0.489 e. The first kappa shape index (κ1) is 21.5. The SMILES string of the molecule is CC(C)(CN)NCC(O)COc1ccc(C2CCCCC2)cc1NC(N)=O. The second-order valence-corrected chi connectivity index (χ2v) is 8.01. The number of nitrogens with two attached hydrogens (primary N) is 2. The van der Waals surface area contributed by atoms with E-state index >= 15 is 0 Å². The van der Waals surface area contributed by atoms with E-state index in [9.17, 15) is 9.90 Å². The van der Waals surface area contributed by atoms with Gasteiger partial charge >= 0.3 is 6.03 Å². The van der Waals surface area contributed by atoms with Crippen LogP contribution in [0.5, 0.6) is 5.75 Å². The van der Waals surface area contributed by atoms with Crippen LogP contribution in [0.25, 0.3) is 0 Å². The molecule has 2 amide bonds. The van der Waals surface area contributed by atoms with E-state index in [0.717, 1.165) is 12.8 Å². The number of β-amino-alcohol motifs (C(OH)–C–C–N with tert-alkyl or cyclic N) is 1. The summed E-state index contributed by atoms with van der Waals surface area (Å²) in [6.07, 6.45) is 5.39. The van der Waals surface area contributed by atoms with E-state index in [0.29, 0.717) is 30.4 Å². The average Bonchev–Trinajstić information content (AvgIpc) is 2.65. The van der Waals surface area contributed by atoms with Crippen LogP contribution in [-0.2, 0) is 0 Å². The Morgan fingerprint density at radius 2 is 2.04 bits per heavy atom. The fourth-order valence-electron chi connectivity index (χ4n) is 3.30. The van der Waals surface area contributed by atoms with Crippen molar-refractivity contribution < 1.29 is 14.6 Å². The van der Waals surface area contributed by atoms with Crippen molar-refractivity contribution in [1.29, 1.82) is 0 Å². The molecule has 7 nitrogen and oxygen atoms in total. The summed E-state index contributed by atoms with van der Waals surface area (Å²) in [6.45, 7) is 4.88. The highest BCUT2D eigenvalue weighted by Crippen LogP contribution is 2.36. The van der Waals surface area contributed by atoms with Gasteiger partial charge in [-0.25, -0.2) is 4.79 Å². The van der Waals surface area contributed by atoms with Crippen molar-refractivity contribution in [2.24, 2.45) is 11.5 Å². The number of anilines is 1. The van der Waals surface area contributed by atoms with Crippen LogP contribution in [0.15, 0.2) is 18.2 Å². The molecule has 0 aliphatic heterocycles. The summed E-state index contributed by atoms with van der Waals surface area (Å²) in [5.41, 5.74) is 12.5. The lowest BCUT2D eigenvalue weighted by molar-refractivity contribution is 0.0997. The second-order valence-electron chi connectivity index (χ2n) is 8.01. The molecule has 1 aliphatic rings. The van der Waals surface area contributed by atoms with Gasteiger partial charge in [-0.1, -0.05) is 25.3 Å². The second kappa shape index (κ2) is 9.92. The van der Waals surface area contributed by atoms with Crippen molar-refractivity contribution in [3.05, 3.63) is 23.8 Å². The van der Waals surface area contributed by atoms with Gasteiger partial charge in [-0.3, -0.25) is 0 Å². The highest BCUT2D eigenvalue weighted by Gasteiger charge is 2.19. The molecular weight excluding hydrogens is 344 g/mol. The Balaban J connectivity index is 2.00. The lowest BCUT2D eigenvalue weighted by Gasteiger charge is -2.26. The number of benzene rings is 1. The van der Waals surface area contributed by atoms with Gasteiger partial charge in [0.15, 0.2) is 0 Å². The number of nitrogens with one attached hydrogen (secondary N) is 2. The van der Waals surface area contributed by atoms with E-state index in [1.54, 1.807) is 0 Å². The third kappa shape index (κ3) is 7.01. The van der Waals surface area contributed by atoms with Gasteiger partial charge in [0, 0.05) is 18.6 Å². The minimum atomic E-state index is -0.699. The molecule has 1 aliphatic carbocycles. The van der Waals surface area contributed by atoms with Crippen LogP contribution in [0.3, 0.4) is 0 Å². The van der Waals surface area contributed by atoms with E-state index < -0.39 is 12.1 Å². The summed E-state index contributed by atoms with van der Waals surface area (Å²) < 4.78 is 5.75. The van der Waals surface area contributed by atoms with Crippen molar-refractivity contribution >= 4 is 11.7 Å². The van der Waals surface area contributed by atoms with Gasteiger partial charge in [-0.05, 0) is 50.3 Å². The Hall–Kier alpha value is -1.83. The van der Waals surface area contributed by atoms with Crippen LogP contribution in [0.2, 0.25) is 0 Å². The molecule has 1 fully saturated rings. The molecule has 0 spiro atoms. The lowest BCUT2D eigenvalue weighted by atomic mass is 9.84. The van der Waals surface area contributed by atoms with Crippen molar-refractivity contribution in [3.8, 4) is 5.75 Å². The van der Waals surface area contributed by atoms with E-state index in [-0.39, 0.29) is 12.1 Å². The Bertz CT molecular complexity index is 615. The Kier molecular flexibility index (Phi) is 7.89. The van der Waals surface area contributed by atoms with Gasteiger partial charge in [-0.2, -0.15) is 0 Å². The molecule has 0 heterocycles. The van der Waals surface area contributed by atoms with Gasteiger partial charge in [0.2, 0.25) is 0 Å². The quantitative estimate of drug-likeness (QED) is 0.451. The predicted octanol–water partition coefficient (Wildman–Crippen LogP) is 2.29. The zero-order valence-corrected chi connectivity index (χ0v) is 16.5. The van der Waals surface area contributed by atoms with Gasteiger partial charge in [-0.15, -0.1) is 0 Å². The topological polar surface area (TPSA) is 123 Å². The van der Waals surface area contributed by atoms with Crippen LogP contribution < -0.4 is 26.8 Å². The number of amides is 2. The number of aliphatic hydroxyl groups is 1. The van der Waals surface area contributed by atoms with E-state index in [1.165, 1.54) is 24.8 Å². The first-order valence-corrected chi connectivity index (χ1v) is 9.77. The molecule has 1 aromatic carbocycles. The Morgan fingerprint density at radius 3 is 2.67 bits per heavy atom. The fourth-order valence-corrected chi connectivity index (χ4v) is 3.30. The summed E-state index contributed by atoms with van der Waals surface area (Å²) >= 11 is 0. The lowest BCUT2D eigenvalue weighted by Crippen LogP contribution is -2.49. The zero-order chi connectivity index (χ0) is 19.9. The predicted molar refractivity (Wildman–Crippen MR) is 108 cm³/mol. The molecule has 1 unspecified atom stereocenters. The molecule has 0 radical (unpaired) electrons. The Morgan fingerprint density at radius 1 is 1.33 bits per heavy atom. The molecule has 7 N–H and O–H groups in total. The average molecular weight is 379 g/mol. The van der Waals surface area contributed by atoms with Gasteiger partial charge < -0.3 is 31.9 Å². The molecule has 1 atom stereocenters. The van der Waals surface area contributed by atoms with Crippen LogP contribution in [0, 0.1) is 0 Å². The number of hydrogen-bond acceptors (Lipinski definition) is 5. The van der Waals surface area contributed by atoms with E-state index in [4.69, 9.17) is 16.2 Å². The Labute approximate surface area is 161 Å². The zero-order valence-electron chi connectivity index (χ0n) is 16.5. The number of aliphatic hydroxyl groups excluding tert-OH is 1. The first-order valence-electron chi connectivity index (χ1n) is 9.77. The first-order chi connectivity index (χ1) is 12.8. The summed E-state index contributed by atoms with van der Waals surface area (Å²) in [6, 6.07) is 5.20. The number of carbonyl (C=O) groups excluding carboxylic acids is 1. The van der Waals surface area contributed by atoms with Crippen molar-refractivity contribution in [2.45, 2.75) is 63.5 Å². The van der Waals surface area contributed by atoms with Gasteiger partial charge in [0.1, 0.15) is 18.5 Å².